The van der Waals surface area contributed by atoms with Gasteiger partial charge in [-0.05, 0) is 29.8 Å². The lowest BCUT2D eigenvalue weighted by molar-refractivity contribution is -0.147. The van der Waals surface area contributed by atoms with E-state index in [0.717, 1.165) is 22.0 Å². The molecule has 2 rings (SSSR count). The van der Waals surface area contributed by atoms with E-state index in [0.29, 0.717) is 12.8 Å². The van der Waals surface area contributed by atoms with Crippen LogP contribution in [0.2, 0.25) is 0 Å². The van der Waals surface area contributed by atoms with Gasteiger partial charge in [0.1, 0.15) is 12.3 Å². The van der Waals surface area contributed by atoms with Crippen molar-refractivity contribution in [1.82, 2.24) is 5.01 Å². The zero-order chi connectivity index (χ0) is 14.5. The third kappa shape index (κ3) is 3.14. The smallest absolute Gasteiger partial charge is 0.327 e. The maximum absolute atomic E-state index is 11.7. The van der Waals surface area contributed by atoms with E-state index in [1.165, 1.54) is 7.11 Å². The van der Waals surface area contributed by atoms with Gasteiger partial charge in [0, 0.05) is 12.8 Å². The molecule has 0 unspecified atom stereocenters. The van der Waals surface area contributed by atoms with Gasteiger partial charge >= 0.3 is 5.97 Å². The second-order valence-electron chi connectivity index (χ2n) is 4.30. The molecule has 6 heteroatoms. The predicted molar refractivity (Wildman–Crippen MR) is 72.5 cm³/mol. The first kappa shape index (κ1) is 14.0. The van der Waals surface area contributed by atoms with Crippen molar-refractivity contribution in [2.24, 2.45) is 5.10 Å². The Bertz CT molecular complexity index is 537. The summed E-state index contributed by atoms with van der Waals surface area (Å²) in [4.78, 5) is 23.0. The molecule has 1 aliphatic heterocycles. The summed E-state index contributed by atoms with van der Waals surface area (Å²) in [5.74, 6) is 0.0957. The van der Waals surface area contributed by atoms with Crippen LogP contribution < -0.4 is 4.74 Å². The summed E-state index contributed by atoms with van der Waals surface area (Å²) in [6.07, 6.45) is 0.894. The van der Waals surface area contributed by atoms with E-state index in [2.05, 4.69) is 9.84 Å². The van der Waals surface area contributed by atoms with Crippen LogP contribution in [0, 0.1) is 0 Å². The maximum Gasteiger partial charge on any atom is 0.327 e. The number of ether oxygens (including phenoxy) is 2. The summed E-state index contributed by atoms with van der Waals surface area (Å²) in [6, 6.07) is 7.42. The molecule has 1 aromatic carbocycles. The molecule has 6 nitrogen and oxygen atoms in total. The molecule has 0 aliphatic carbocycles. The number of nitrogens with zero attached hydrogens (tertiary/aromatic N) is 2. The molecular weight excluding hydrogens is 260 g/mol. The van der Waals surface area contributed by atoms with Gasteiger partial charge in [-0.25, -0.2) is 5.01 Å². The van der Waals surface area contributed by atoms with Gasteiger partial charge in [0.15, 0.2) is 0 Å². The minimum absolute atomic E-state index is 0.158. The van der Waals surface area contributed by atoms with Crippen molar-refractivity contribution in [3.05, 3.63) is 29.8 Å². The largest absolute Gasteiger partial charge is 0.497 e. The lowest BCUT2D eigenvalue weighted by atomic mass is 10.0. The molecule has 0 saturated heterocycles. The van der Waals surface area contributed by atoms with Crippen LogP contribution in [0.1, 0.15) is 18.4 Å². The normalized spacial score (nSPS) is 14.8. The van der Waals surface area contributed by atoms with Crippen LogP contribution in [0.25, 0.3) is 0 Å². The summed E-state index contributed by atoms with van der Waals surface area (Å²) in [5, 5.41) is 5.40. The summed E-state index contributed by atoms with van der Waals surface area (Å²) in [7, 11) is 2.88. The van der Waals surface area contributed by atoms with Gasteiger partial charge in [-0.2, -0.15) is 5.10 Å². The second-order valence-corrected chi connectivity index (χ2v) is 4.30. The average molecular weight is 276 g/mol. The highest BCUT2D eigenvalue weighted by atomic mass is 16.5. The molecule has 0 radical (unpaired) electrons. The van der Waals surface area contributed by atoms with E-state index in [9.17, 15) is 9.59 Å². The zero-order valence-corrected chi connectivity index (χ0v) is 11.5. The molecule has 0 N–H and O–H groups in total. The molecule has 0 saturated carbocycles. The summed E-state index contributed by atoms with van der Waals surface area (Å²) in [6.45, 7) is -0.158. The van der Waals surface area contributed by atoms with E-state index < -0.39 is 5.97 Å². The van der Waals surface area contributed by atoms with Crippen LogP contribution in [0.15, 0.2) is 29.4 Å². The first-order chi connectivity index (χ1) is 9.63. The molecule has 0 atom stereocenters. The third-order valence-electron chi connectivity index (χ3n) is 3.03. The molecule has 1 heterocycles. The van der Waals surface area contributed by atoms with Crippen molar-refractivity contribution >= 4 is 17.6 Å². The van der Waals surface area contributed by atoms with E-state index in [-0.39, 0.29) is 12.5 Å². The Labute approximate surface area is 117 Å². The van der Waals surface area contributed by atoms with Crippen molar-refractivity contribution < 1.29 is 19.1 Å². The Morgan fingerprint density at radius 3 is 2.55 bits per heavy atom. The Morgan fingerprint density at radius 1 is 1.25 bits per heavy atom. The lowest BCUT2D eigenvalue weighted by Gasteiger charge is -2.22. The molecular formula is C14H16N2O4. The number of hydrogen-bond acceptors (Lipinski definition) is 5. The molecule has 0 aromatic heterocycles. The quantitative estimate of drug-likeness (QED) is 0.775. The summed E-state index contributed by atoms with van der Waals surface area (Å²) < 4.78 is 9.65. The third-order valence-corrected chi connectivity index (χ3v) is 3.03. The molecule has 0 bridgehead atoms. The number of rotatable bonds is 4. The number of carbonyl (C=O) groups excluding carboxylic acids is 2. The highest BCUT2D eigenvalue weighted by Crippen LogP contribution is 2.18. The number of esters is 1. The zero-order valence-electron chi connectivity index (χ0n) is 11.5. The number of amides is 1. The Balaban J connectivity index is 2.19. The number of hydrogen-bond donors (Lipinski definition) is 0. The summed E-state index contributed by atoms with van der Waals surface area (Å²) in [5.41, 5.74) is 1.68. The molecule has 1 aliphatic rings. The van der Waals surface area contributed by atoms with Crippen molar-refractivity contribution in [3.8, 4) is 5.75 Å². The molecule has 106 valence electrons. The van der Waals surface area contributed by atoms with Crippen LogP contribution in [0.4, 0.5) is 0 Å². The van der Waals surface area contributed by atoms with Gasteiger partial charge in [0.05, 0.1) is 19.9 Å². The molecule has 0 fully saturated rings. The van der Waals surface area contributed by atoms with Crippen molar-refractivity contribution in [2.75, 3.05) is 20.8 Å². The van der Waals surface area contributed by atoms with Crippen LogP contribution in [0.5, 0.6) is 5.75 Å². The van der Waals surface area contributed by atoms with E-state index in [1.54, 1.807) is 7.11 Å². The fraction of sp³-hybridized carbons (Fsp3) is 0.357. The lowest BCUT2D eigenvalue weighted by Crippen LogP contribution is -2.36. The van der Waals surface area contributed by atoms with Crippen LogP contribution >= 0.6 is 0 Å². The highest BCUT2D eigenvalue weighted by Gasteiger charge is 2.23. The standard InChI is InChI=1S/C14H16N2O4/c1-19-11-5-3-10(4-6-11)12-7-8-13(17)16(15-12)9-14(18)20-2/h3-6H,7-9H2,1-2H3. The number of hydrazone groups is 1. The first-order valence-corrected chi connectivity index (χ1v) is 6.23. The number of methoxy groups -OCH3 is 2. The predicted octanol–water partition coefficient (Wildman–Crippen LogP) is 1.19. The highest BCUT2D eigenvalue weighted by molar-refractivity contribution is 6.04. The van der Waals surface area contributed by atoms with Gasteiger partial charge in [0.2, 0.25) is 5.91 Å². The summed E-state index contributed by atoms with van der Waals surface area (Å²) >= 11 is 0. The van der Waals surface area contributed by atoms with Gasteiger partial charge in [-0.1, -0.05) is 0 Å². The second kappa shape index (κ2) is 6.18. The van der Waals surface area contributed by atoms with Gasteiger partial charge in [-0.15, -0.1) is 0 Å². The van der Waals surface area contributed by atoms with E-state index >= 15 is 0 Å². The monoisotopic (exact) mass is 276 g/mol. The first-order valence-electron chi connectivity index (χ1n) is 6.23. The average Bonchev–Trinajstić information content (AvgIpc) is 2.49. The SMILES string of the molecule is COC(=O)CN1N=C(c2ccc(OC)cc2)CCC1=O. The molecule has 0 spiro atoms. The van der Waals surface area contributed by atoms with Crippen molar-refractivity contribution in [2.45, 2.75) is 12.8 Å². The van der Waals surface area contributed by atoms with Crippen LogP contribution in [-0.2, 0) is 14.3 Å². The van der Waals surface area contributed by atoms with Gasteiger partial charge in [0.25, 0.3) is 0 Å². The molecule has 1 amide bonds. The number of carbonyl (C=O) groups is 2. The van der Waals surface area contributed by atoms with E-state index in [1.807, 2.05) is 24.3 Å². The van der Waals surface area contributed by atoms with E-state index in [4.69, 9.17) is 4.74 Å². The van der Waals surface area contributed by atoms with Crippen molar-refractivity contribution in [3.63, 3.8) is 0 Å². The van der Waals surface area contributed by atoms with Crippen LogP contribution in [-0.4, -0.2) is 43.4 Å². The minimum Gasteiger partial charge on any atom is -0.497 e. The maximum atomic E-state index is 11.7. The Morgan fingerprint density at radius 2 is 1.95 bits per heavy atom. The van der Waals surface area contributed by atoms with Gasteiger partial charge in [-0.3, -0.25) is 9.59 Å². The van der Waals surface area contributed by atoms with Crippen LogP contribution in [0.3, 0.4) is 0 Å². The number of benzene rings is 1. The Hall–Kier alpha value is -2.37. The van der Waals surface area contributed by atoms with Gasteiger partial charge < -0.3 is 9.47 Å². The fourth-order valence-electron chi connectivity index (χ4n) is 1.90. The molecule has 20 heavy (non-hydrogen) atoms. The van der Waals surface area contributed by atoms with Crippen molar-refractivity contribution in [1.29, 1.82) is 0 Å². The minimum atomic E-state index is -0.488. The fourth-order valence-corrected chi connectivity index (χ4v) is 1.90. The molecule has 1 aromatic rings. The Kier molecular flexibility index (Phi) is 4.34. The topological polar surface area (TPSA) is 68.2 Å².